The van der Waals surface area contributed by atoms with Crippen molar-refractivity contribution in [3.05, 3.63) is 90.2 Å². The highest BCUT2D eigenvalue weighted by Crippen LogP contribution is 2.23. The van der Waals surface area contributed by atoms with Crippen molar-refractivity contribution in [1.82, 2.24) is 44.3 Å². The van der Waals surface area contributed by atoms with E-state index >= 15 is 0 Å². The summed E-state index contributed by atoms with van der Waals surface area (Å²) in [6.45, 7) is 6.66. The zero-order valence-electron chi connectivity index (χ0n) is 23.7. The van der Waals surface area contributed by atoms with Crippen molar-refractivity contribution in [2.45, 2.75) is 26.6 Å². The fraction of sp³-hybridized carbons (Fsp3) is 0.267. The quantitative estimate of drug-likeness (QED) is 0.207. The van der Waals surface area contributed by atoms with Crippen LogP contribution in [0.3, 0.4) is 0 Å². The maximum absolute atomic E-state index is 7.59. The minimum atomic E-state index is 0.580. The van der Waals surface area contributed by atoms with Crippen LogP contribution in [-0.2, 0) is 19.6 Å². The van der Waals surface area contributed by atoms with Crippen molar-refractivity contribution in [1.29, 1.82) is 5.41 Å². The molecular formula is C30H33N11O. The predicted molar refractivity (Wildman–Crippen MR) is 161 cm³/mol. The second kappa shape index (κ2) is 12.2. The van der Waals surface area contributed by atoms with Gasteiger partial charge in [0.05, 0.1) is 24.1 Å². The van der Waals surface area contributed by atoms with Gasteiger partial charge in [-0.15, -0.1) is 10.2 Å². The third-order valence-electron chi connectivity index (χ3n) is 7.32. The summed E-state index contributed by atoms with van der Waals surface area (Å²) in [7, 11) is 1.82. The van der Waals surface area contributed by atoms with Crippen molar-refractivity contribution in [3.63, 3.8) is 0 Å². The second-order valence-corrected chi connectivity index (χ2v) is 10.0. The fourth-order valence-corrected chi connectivity index (χ4v) is 5.04. The van der Waals surface area contributed by atoms with Crippen LogP contribution in [0.1, 0.15) is 22.8 Å². The van der Waals surface area contributed by atoms with E-state index in [1.165, 1.54) is 6.21 Å². The summed E-state index contributed by atoms with van der Waals surface area (Å²) in [4.78, 5) is 15.8. The van der Waals surface area contributed by atoms with E-state index in [1.54, 1.807) is 6.33 Å². The van der Waals surface area contributed by atoms with Crippen molar-refractivity contribution in [2.75, 3.05) is 32.1 Å². The first-order valence-corrected chi connectivity index (χ1v) is 13.9. The van der Waals surface area contributed by atoms with Gasteiger partial charge in [-0.25, -0.2) is 15.0 Å². The monoisotopic (exact) mass is 563 g/mol. The first-order valence-electron chi connectivity index (χ1n) is 13.9. The molecular weight excluding hydrogens is 530 g/mol. The smallest absolute Gasteiger partial charge is 0.147 e. The average molecular weight is 564 g/mol. The van der Waals surface area contributed by atoms with Gasteiger partial charge in [0.1, 0.15) is 41.8 Å². The molecule has 0 unspecified atom stereocenters. The molecule has 5 heterocycles. The Morgan fingerprint density at radius 2 is 1.95 bits per heavy atom. The summed E-state index contributed by atoms with van der Waals surface area (Å²) in [5.41, 5.74) is 5.34. The Morgan fingerprint density at radius 3 is 2.79 bits per heavy atom. The van der Waals surface area contributed by atoms with Crippen LogP contribution in [0.2, 0.25) is 0 Å². The Kier molecular flexibility index (Phi) is 7.86. The largest absolute Gasteiger partial charge is 0.492 e. The number of aryl methyl sites for hydroxylation is 1. The zero-order valence-corrected chi connectivity index (χ0v) is 23.7. The Morgan fingerprint density at radius 1 is 1.07 bits per heavy atom. The second-order valence-electron chi connectivity index (χ2n) is 10.0. The van der Waals surface area contributed by atoms with Gasteiger partial charge in [-0.05, 0) is 24.1 Å². The lowest BCUT2D eigenvalue weighted by atomic mass is 10.1. The molecule has 4 aromatic heterocycles. The number of allylic oxidation sites excluding steroid dienone is 1. The van der Waals surface area contributed by atoms with Gasteiger partial charge in [0.2, 0.25) is 0 Å². The van der Waals surface area contributed by atoms with E-state index in [1.807, 2.05) is 79.4 Å². The van der Waals surface area contributed by atoms with E-state index in [4.69, 9.17) is 10.1 Å². The molecule has 0 saturated heterocycles. The number of hydrogen-bond acceptors (Lipinski definition) is 10. The molecule has 0 spiro atoms. The first-order chi connectivity index (χ1) is 20.6. The van der Waals surface area contributed by atoms with E-state index in [0.717, 1.165) is 83.1 Å². The first kappa shape index (κ1) is 27.1. The van der Waals surface area contributed by atoms with E-state index in [2.05, 4.69) is 45.2 Å². The van der Waals surface area contributed by atoms with Crippen molar-refractivity contribution in [3.8, 4) is 17.1 Å². The minimum Gasteiger partial charge on any atom is -0.492 e. The number of anilines is 1. The number of imidazole rings is 1. The third kappa shape index (κ3) is 5.84. The van der Waals surface area contributed by atoms with Crippen LogP contribution in [0.25, 0.3) is 22.6 Å². The molecule has 6 rings (SSSR count). The maximum Gasteiger partial charge on any atom is 0.147 e. The summed E-state index contributed by atoms with van der Waals surface area (Å²) < 4.78 is 10.2. The molecule has 5 aromatic rings. The zero-order chi connectivity index (χ0) is 28.9. The number of hydrogen-bond donors (Lipinski definition) is 3. The van der Waals surface area contributed by atoms with Gasteiger partial charge in [-0.2, -0.15) is 0 Å². The Bertz CT molecular complexity index is 1720. The fourth-order valence-electron chi connectivity index (χ4n) is 5.04. The standard InChI is InChI=1S/C30H33N11O/c1-21-37-38-30-19-39(9-10-40(21)30)11-12-42-25-7-8-41-27(18-34-29(41)13-25)26-14-28(36-20-35-26)33-16-22-3-5-23(6-4-22)24(15-31)17-32-2/h3-8,13-15,17-18,20,31-32H,9-12,16,19H2,1-2H3,(H,33,35,36)/b24-17+,31-15?. The van der Waals surface area contributed by atoms with Crippen LogP contribution in [0, 0.1) is 12.3 Å². The third-order valence-corrected chi connectivity index (χ3v) is 7.32. The van der Waals surface area contributed by atoms with Gasteiger partial charge in [-0.3, -0.25) is 9.30 Å². The molecule has 12 nitrogen and oxygen atoms in total. The lowest BCUT2D eigenvalue weighted by Crippen LogP contribution is -2.36. The van der Waals surface area contributed by atoms with E-state index in [0.29, 0.717) is 13.2 Å². The summed E-state index contributed by atoms with van der Waals surface area (Å²) >= 11 is 0. The number of ether oxygens (including phenoxy) is 1. The van der Waals surface area contributed by atoms with Crippen molar-refractivity contribution in [2.24, 2.45) is 0 Å². The van der Waals surface area contributed by atoms with E-state index in [9.17, 15) is 0 Å². The highest BCUT2D eigenvalue weighted by molar-refractivity contribution is 6.08. The van der Waals surface area contributed by atoms with Gasteiger partial charge in [0, 0.05) is 69.5 Å². The number of fused-ring (bicyclic) bond motifs is 2. The summed E-state index contributed by atoms with van der Waals surface area (Å²) in [5, 5.41) is 22.4. The van der Waals surface area contributed by atoms with Gasteiger partial charge in [-0.1, -0.05) is 24.3 Å². The van der Waals surface area contributed by atoms with Crippen molar-refractivity contribution < 1.29 is 4.74 Å². The number of nitrogens with one attached hydrogen (secondary N) is 3. The molecule has 0 amide bonds. The topological polar surface area (TPSA) is 134 Å². The summed E-state index contributed by atoms with van der Waals surface area (Å²) in [5.74, 6) is 3.49. The molecule has 214 valence electrons. The number of aromatic nitrogens is 7. The molecule has 1 aromatic carbocycles. The molecule has 0 bridgehead atoms. The molecule has 0 atom stereocenters. The van der Waals surface area contributed by atoms with Crippen LogP contribution >= 0.6 is 0 Å². The molecule has 0 fully saturated rings. The molecule has 0 aliphatic carbocycles. The SMILES string of the molecule is CN/C=C(\C=N)c1ccc(CNc2cc(-c3cnc4cc(OCCN5CCn6c(C)nnc6C5)ccn34)ncn2)cc1. The minimum absolute atomic E-state index is 0.580. The molecule has 42 heavy (non-hydrogen) atoms. The lowest BCUT2D eigenvalue weighted by Gasteiger charge is -2.27. The summed E-state index contributed by atoms with van der Waals surface area (Å²) in [6, 6.07) is 13.9. The molecule has 0 saturated carbocycles. The number of nitrogens with zero attached hydrogens (tertiary/aromatic N) is 8. The van der Waals surface area contributed by atoms with Crippen LogP contribution in [0.15, 0.2) is 67.4 Å². The predicted octanol–water partition coefficient (Wildman–Crippen LogP) is 3.41. The van der Waals surface area contributed by atoms with Gasteiger partial charge < -0.3 is 25.3 Å². The van der Waals surface area contributed by atoms with Crippen LogP contribution in [0.4, 0.5) is 5.82 Å². The highest BCUT2D eigenvalue weighted by atomic mass is 16.5. The average Bonchev–Trinajstić information content (AvgIpc) is 3.62. The molecule has 3 N–H and O–H groups in total. The number of benzene rings is 1. The van der Waals surface area contributed by atoms with Gasteiger partial charge in [0.15, 0.2) is 0 Å². The van der Waals surface area contributed by atoms with E-state index < -0.39 is 0 Å². The van der Waals surface area contributed by atoms with Gasteiger partial charge >= 0.3 is 0 Å². The van der Waals surface area contributed by atoms with Crippen LogP contribution in [0.5, 0.6) is 5.75 Å². The Labute approximate surface area is 243 Å². The number of pyridine rings is 1. The summed E-state index contributed by atoms with van der Waals surface area (Å²) in [6.07, 6.45) is 8.48. The van der Waals surface area contributed by atoms with Crippen LogP contribution in [-0.4, -0.2) is 72.0 Å². The number of rotatable bonds is 11. The van der Waals surface area contributed by atoms with E-state index in [-0.39, 0.29) is 0 Å². The molecule has 1 aliphatic heterocycles. The maximum atomic E-state index is 7.59. The normalized spacial score (nSPS) is 13.6. The Balaban J connectivity index is 1.06. The molecule has 12 heteroatoms. The van der Waals surface area contributed by atoms with Gasteiger partial charge in [0.25, 0.3) is 0 Å². The van der Waals surface area contributed by atoms with Crippen molar-refractivity contribution >= 4 is 23.3 Å². The molecule has 1 aliphatic rings. The van der Waals surface area contributed by atoms with Crippen LogP contribution < -0.4 is 15.4 Å². The lowest BCUT2D eigenvalue weighted by molar-refractivity contribution is 0.174. The highest BCUT2D eigenvalue weighted by Gasteiger charge is 2.19. The molecule has 0 radical (unpaired) electrons. The Hall–Kier alpha value is -5.10.